The van der Waals surface area contributed by atoms with Gasteiger partial charge in [0.2, 0.25) is 0 Å². The minimum Gasteiger partial charge on any atom is -0.481 e. The van der Waals surface area contributed by atoms with Gasteiger partial charge in [-0.15, -0.1) is 0 Å². The molecule has 0 fully saturated rings. The molecule has 0 bridgehead atoms. The first-order valence-electron chi connectivity index (χ1n) is 5.49. The fourth-order valence-corrected chi connectivity index (χ4v) is 1.11. The Labute approximate surface area is 139 Å². The van der Waals surface area contributed by atoms with Gasteiger partial charge >= 0.3 is 21.3 Å². The minimum atomic E-state index is -3.83. The number of ether oxygens (including phenoxy) is 1. The van der Waals surface area contributed by atoms with Crippen LogP contribution in [-0.2, 0) is 27.8 Å². The summed E-state index contributed by atoms with van der Waals surface area (Å²) in [5, 5.41) is 7.99. The second-order valence-electron chi connectivity index (χ2n) is 3.84. The van der Waals surface area contributed by atoms with Crippen molar-refractivity contribution in [1.82, 2.24) is 0 Å². The summed E-state index contributed by atoms with van der Waals surface area (Å²) in [7, 11) is 0.665. The third-order valence-electron chi connectivity index (χ3n) is 1.35. The van der Waals surface area contributed by atoms with Crippen molar-refractivity contribution in [3.05, 3.63) is 0 Å². The van der Waals surface area contributed by atoms with E-state index in [0.29, 0.717) is 0 Å². The van der Waals surface area contributed by atoms with Crippen LogP contribution >= 0.6 is 33.9 Å². The van der Waals surface area contributed by atoms with Crippen LogP contribution < -0.4 is 0 Å². The Hall–Kier alpha value is -0.280. The summed E-state index contributed by atoms with van der Waals surface area (Å²) in [4.78, 5) is 20.1. The van der Waals surface area contributed by atoms with Crippen molar-refractivity contribution in [2.75, 3.05) is 12.1 Å². The number of esters is 1. The van der Waals surface area contributed by atoms with Crippen molar-refractivity contribution in [3.63, 3.8) is 0 Å². The molecule has 0 aliphatic rings. The van der Waals surface area contributed by atoms with E-state index in [0.717, 1.165) is 0 Å². The maximum Gasteiger partial charge on any atom is 0.356 e. The molecule has 0 spiro atoms. The molecule has 0 saturated heterocycles. The van der Waals surface area contributed by atoms with Crippen molar-refractivity contribution < 1.29 is 32.0 Å². The number of carbonyl (C=O) groups is 2. The second-order valence-corrected chi connectivity index (χ2v) is 6.43. The minimum absolute atomic E-state index is 0.0446. The van der Waals surface area contributed by atoms with E-state index in [1.807, 2.05) is 0 Å². The zero-order valence-electron chi connectivity index (χ0n) is 12.0. The van der Waals surface area contributed by atoms with Gasteiger partial charge in [-0.25, -0.2) is 4.18 Å². The smallest absolute Gasteiger partial charge is 0.356 e. The number of aliphatic carboxylic acids is 1. The number of alkyl halides is 2. The van der Waals surface area contributed by atoms with E-state index in [9.17, 15) is 18.0 Å². The van der Waals surface area contributed by atoms with Crippen LogP contribution in [0.3, 0.4) is 0 Å². The van der Waals surface area contributed by atoms with E-state index in [-0.39, 0.29) is 23.9 Å². The SMILES string of the molecule is CC(C)C(=O)O.CC(C)C(=O)OCCl.O=S(=O)(Cl)OCCl. The third-order valence-corrected chi connectivity index (χ3v) is 2.36. The average Bonchev–Trinajstić information content (AvgIpc) is 2.29. The topological polar surface area (TPSA) is 107 Å². The Balaban J connectivity index is -0.000000234. The van der Waals surface area contributed by atoms with E-state index >= 15 is 0 Å². The normalized spacial score (nSPS) is 10.1. The molecule has 0 rings (SSSR count). The summed E-state index contributed by atoms with van der Waals surface area (Å²) in [6.45, 7) is 6.80. The molecule has 21 heavy (non-hydrogen) atoms. The molecule has 0 aromatic heterocycles. The van der Waals surface area contributed by atoms with Crippen LogP contribution in [0.2, 0.25) is 0 Å². The Morgan fingerprint density at radius 2 is 1.43 bits per heavy atom. The number of hydrogen-bond donors (Lipinski definition) is 1. The Kier molecular flexibility index (Phi) is 17.9. The summed E-state index contributed by atoms with van der Waals surface area (Å²) in [5.41, 5.74) is 0. The molecule has 7 nitrogen and oxygen atoms in total. The molecule has 0 aliphatic carbocycles. The van der Waals surface area contributed by atoms with Gasteiger partial charge in [-0.1, -0.05) is 50.9 Å². The lowest BCUT2D eigenvalue weighted by atomic mass is 10.2. The fourth-order valence-electron chi connectivity index (χ4n) is 0.274. The summed E-state index contributed by atoms with van der Waals surface area (Å²) in [5.74, 6) is -1.30. The predicted molar refractivity (Wildman–Crippen MR) is 80.7 cm³/mol. The predicted octanol–water partition coefficient (Wildman–Crippen LogP) is 2.79. The average molecular weight is 390 g/mol. The van der Waals surface area contributed by atoms with Crippen molar-refractivity contribution in [2.24, 2.45) is 11.8 Å². The highest BCUT2D eigenvalue weighted by atomic mass is 35.7. The van der Waals surface area contributed by atoms with Gasteiger partial charge in [0.05, 0.1) is 11.8 Å². The van der Waals surface area contributed by atoms with Crippen molar-refractivity contribution in [2.45, 2.75) is 27.7 Å². The van der Waals surface area contributed by atoms with Crippen LogP contribution in [0.4, 0.5) is 0 Å². The van der Waals surface area contributed by atoms with E-state index in [2.05, 4.69) is 19.6 Å². The van der Waals surface area contributed by atoms with Crippen molar-refractivity contribution in [1.29, 1.82) is 0 Å². The number of hydrogen-bond acceptors (Lipinski definition) is 6. The lowest BCUT2D eigenvalue weighted by Gasteiger charge is -2.00. The van der Waals surface area contributed by atoms with Crippen LogP contribution in [0.5, 0.6) is 0 Å². The number of halogens is 3. The quantitative estimate of drug-likeness (QED) is 0.437. The van der Waals surface area contributed by atoms with Gasteiger partial charge in [0.1, 0.15) is 6.07 Å². The van der Waals surface area contributed by atoms with Gasteiger partial charge in [0.25, 0.3) is 0 Å². The standard InChI is InChI=1S/C5H9ClO2.C4H8O2.CH2Cl2O3S/c1-4(2)5(7)8-3-6;1-3(2)4(5)6;2-1-6-7(3,4)5/h4H,3H2,1-2H3;3H,1-2H3,(H,5,6);1H2. The number of carboxylic acid groups (broad SMARTS) is 1. The summed E-state index contributed by atoms with van der Waals surface area (Å²) in [6, 6.07) is -0.483. The summed E-state index contributed by atoms with van der Waals surface area (Å²) >= 11 is 9.90. The van der Waals surface area contributed by atoms with E-state index in [4.69, 9.17) is 28.3 Å². The molecule has 0 aromatic carbocycles. The third kappa shape index (κ3) is 28.6. The van der Waals surface area contributed by atoms with Gasteiger partial charge in [-0.2, -0.15) is 8.42 Å². The monoisotopic (exact) mass is 388 g/mol. The molecule has 0 aromatic rings. The molecule has 0 unspecified atom stereocenters. The van der Waals surface area contributed by atoms with Crippen molar-refractivity contribution >= 4 is 55.2 Å². The molecule has 0 radical (unpaired) electrons. The van der Waals surface area contributed by atoms with Crippen LogP contribution in [0.1, 0.15) is 27.7 Å². The number of rotatable bonds is 5. The summed E-state index contributed by atoms with van der Waals surface area (Å²) < 4.78 is 27.5. The van der Waals surface area contributed by atoms with Crippen LogP contribution in [-0.4, -0.2) is 37.6 Å². The Morgan fingerprint density at radius 3 is 1.48 bits per heavy atom. The molecule has 0 atom stereocenters. The molecule has 0 amide bonds. The molecule has 0 aliphatic heterocycles. The first kappa shape index (κ1) is 25.7. The first-order chi connectivity index (χ1) is 9.38. The van der Waals surface area contributed by atoms with Gasteiger partial charge in [-0.05, 0) is 0 Å². The maximum absolute atomic E-state index is 10.4. The largest absolute Gasteiger partial charge is 0.481 e. The van der Waals surface area contributed by atoms with E-state index in [1.54, 1.807) is 27.7 Å². The van der Waals surface area contributed by atoms with Gasteiger partial charge in [-0.3, -0.25) is 9.59 Å². The van der Waals surface area contributed by atoms with Gasteiger partial charge in [0.15, 0.2) is 6.07 Å². The van der Waals surface area contributed by atoms with Crippen LogP contribution in [0, 0.1) is 11.8 Å². The molecule has 0 saturated carbocycles. The number of carboxylic acids is 1. The molecule has 0 heterocycles. The lowest BCUT2D eigenvalue weighted by Crippen LogP contribution is -2.09. The van der Waals surface area contributed by atoms with E-state index < -0.39 is 21.4 Å². The Morgan fingerprint density at radius 1 is 1.05 bits per heavy atom. The highest BCUT2D eigenvalue weighted by Crippen LogP contribution is 1.98. The highest BCUT2D eigenvalue weighted by molar-refractivity contribution is 8.10. The zero-order chi connectivity index (χ0) is 17.6. The first-order valence-corrected chi connectivity index (χ1v) is 8.79. The lowest BCUT2D eigenvalue weighted by molar-refractivity contribution is -0.145. The molecule has 11 heteroatoms. The molecule has 128 valence electrons. The highest BCUT2D eigenvalue weighted by Gasteiger charge is 2.05. The van der Waals surface area contributed by atoms with Crippen LogP contribution in [0.15, 0.2) is 0 Å². The maximum atomic E-state index is 10.4. The zero-order valence-corrected chi connectivity index (χ0v) is 15.1. The molecule has 1 N–H and O–H groups in total. The molecular formula is C10H19Cl3O7S. The van der Waals surface area contributed by atoms with Crippen molar-refractivity contribution in [3.8, 4) is 0 Å². The van der Waals surface area contributed by atoms with Gasteiger partial charge in [0, 0.05) is 10.7 Å². The molecular weight excluding hydrogens is 371 g/mol. The van der Waals surface area contributed by atoms with Crippen LogP contribution in [0.25, 0.3) is 0 Å². The fraction of sp³-hybridized carbons (Fsp3) is 0.800. The number of carbonyl (C=O) groups excluding carboxylic acids is 1. The van der Waals surface area contributed by atoms with Gasteiger partial charge < -0.3 is 9.84 Å². The Bertz CT molecular complexity index is 382. The summed E-state index contributed by atoms with van der Waals surface area (Å²) in [6.07, 6.45) is 0. The van der Waals surface area contributed by atoms with E-state index in [1.165, 1.54) is 0 Å². The second kappa shape index (κ2) is 14.6.